The molecule has 26 heavy (non-hydrogen) atoms. The number of hydrogen-bond donors (Lipinski definition) is 2. The van der Waals surface area contributed by atoms with E-state index in [2.05, 4.69) is 10.2 Å². The van der Waals surface area contributed by atoms with Gasteiger partial charge in [0.05, 0.1) is 12.1 Å². The summed E-state index contributed by atoms with van der Waals surface area (Å²) in [6.45, 7) is 6.10. The Morgan fingerprint density at radius 2 is 1.96 bits per heavy atom. The molecule has 1 aliphatic carbocycles. The Labute approximate surface area is 157 Å². The number of benzene rings is 1. The van der Waals surface area contributed by atoms with E-state index in [1.165, 1.54) is 38.8 Å². The predicted molar refractivity (Wildman–Crippen MR) is 104 cm³/mol. The minimum atomic E-state index is -0.397. The quantitative estimate of drug-likeness (QED) is 0.674. The average Bonchev–Trinajstić information content (AvgIpc) is 3.34. The van der Waals surface area contributed by atoms with Crippen molar-refractivity contribution in [2.24, 2.45) is 11.7 Å². The summed E-state index contributed by atoms with van der Waals surface area (Å²) in [5, 5.41) is 3.03. The van der Waals surface area contributed by atoms with Crippen LogP contribution in [0.2, 0.25) is 0 Å². The van der Waals surface area contributed by atoms with Crippen LogP contribution in [0.5, 0.6) is 5.75 Å². The number of rotatable bonds is 10. The third kappa shape index (κ3) is 5.99. The lowest BCUT2D eigenvalue weighted by molar-refractivity contribution is -0.123. The van der Waals surface area contributed by atoms with E-state index in [0.717, 1.165) is 43.2 Å². The van der Waals surface area contributed by atoms with Crippen LogP contribution in [0.3, 0.4) is 0 Å². The maximum Gasteiger partial charge on any atom is 0.237 e. The van der Waals surface area contributed by atoms with Gasteiger partial charge in [-0.1, -0.05) is 25.0 Å². The minimum absolute atomic E-state index is 0.0480. The van der Waals surface area contributed by atoms with E-state index in [1.54, 1.807) is 0 Å². The zero-order valence-electron chi connectivity index (χ0n) is 16.0. The van der Waals surface area contributed by atoms with E-state index in [9.17, 15) is 4.79 Å². The van der Waals surface area contributed by atoms with Crippen molar-refractivity contribution in [1.82, 2.24) is 10.2 Å². The molecule has 2 fully saturated rings. The number of nitrogens with two attached hydrogens (primary N) is 1. The highest BCUT2D eigenvalue weighted by Gasteiger charge is 2.24. The number of likely N-dealkylation sites (tertiary alicyclic amines) is 1. The summed E-state index contributed by atoms with van der Waals surface area (Å²) in [5.74, 6) is 1.64. The molecule has 0 aromatic heterocycles. The number of carbonyl (C=O) groups excluding carboxylic acids is 1. The van der Waals surface area contributed by atoms with Crippen LogP contribution < -0.4 is 15.8 Å². The fourth-order valence-corrected chi connectivity index (χ4v) is 3.51. The van der Waals surface area contributed by atoms with Gasteiger partial charge < -0.3 is 15.8 Å². The monoisotopic (exact) mass is 359 g/mol. The Kier molecular flexibility index (Phi) is 6.92. The van der Waals surface area contributed by atoms with Gasteiger partial charge in [-0.15, -0.1) is 0 Å². The Morgan fingerprint density at radius 1 is 1.27 bits per heavy atom. The highest BCUT2D eigenvalue weighted by Crippen LogP contribution is 2.33. The normalized spacial score (nSPS) is 19.9. The van der Waals surface area contributed by atoms with Gasteiger partial charge >= 0.3 is 0 Å². The van der Waals surface area contributed by atoms with Crippen molar-refractivity contribution in [3.63, 3.8) is 0 Å². The van der Waals surface area contributed by atoms with Crippen LogP contribution >= 0.6 is 0 Å². The first kappa shape index (κ1) is 19.2. The molecule has 2 aliphatic rings. The number of carbonyl (C=O) groups is 1. The summed E-state index contributed by atoms with van der Waals surface area (Å²) in [7, 11) is 0. The third-order valence-corrected chi connectivity index (χ3v) is 5.53. The predicted octanol–water partition coefficient (Wildman–Crippen LogP) is 2.86. The summed E-state index contributed by atoms with van der Waals surface area (Å²) in [6.07, 6.45) is 7.08. The number of ether oxygens (including phenoxy) is 1. The molecule has 5 heteroatoms. The number of nitrogens with one attached hydrogen (secondary N) is 1. The van der Waals surface area contributed by atoms with E-state index < -0.39 is 6.04 Å². The molecule has 0 unspecified atom stereocenters. The van der Waals surface area contributed by atoms with Gasteiger partial charge in [-0.2, -0.15) is 0 Å². The Bertz CT molecular complexity index is 565. The van der Waals surface area contributed by atoms with Gasteiger partial charge in [0.2, 0.25) is 5.91 Å². The van der Waals surface area contributed by atoms with Gasteiger partial charge in [0.1, 0.15) is 12.4 Å². The van der Waals surface area contributed by atoms with Gasteiger partial charge in [-0.25, -0.2) is 0 Å². The molecule has 144 valence electrons. The van der Waals surface area contributed by atoms with Crippen LogP contribution in [0, 0.1) is 5.92 Å². The third-order valence-electron chi connectivity index (χ3n) is 5.53. The van der Waals surface area contributed by atoms with Crippen LogP contribution in [0.4, 0.5) is 0 Å². The summed E-state index contributed by atoms with van der Waals surface area (Å²) >= 11 is 0. The van der Waals surface area contributed by atoms with Gasteiger partial charge in [-0.3, -0.25) is 9.69 Å². The van der Waals surface area contributed by atoms with Crippen molar-refractivity contribution >= 4 is 5.91 Å². The van der Waals surface area contributed by atoms with Crippen molar-refractivity contribution < 1.29 is 9.53 Å². The van der Waals surface area contributed by atoms with Crippen LogP contribution in [-0.2, 0) is 4.79 Å². The molecule has 1 heterocycles. The SMILES string of the molecule is C[C@H](NC(=O)[C@@H](N)CCC1CC1)c1ccc(OCCN2CCCC2)cc1. The number of hydrogen-bond acceptors (Lipinski definition) is 4. The Hall–Kier alpha value is -1.59. The first-order valence-corrected chi connectivity index (χ1v) is 10.1. The first-order valence-electron chi connectivity index (χ1n) is 10.1. The van der Waals surface area contributed by atoms with Crippen molar-refractivity contribution in [3.8, 4) is 5.75 Å². The molecule has 1 saturated carbocycles. The molecule has 1 amide bonds. The zero-order chi connectivity index (χ0) is 18.4. The second-order valence-electron chi connectivity index (χ2n) is 7.82. The summed E-state index contributed by atoms with van der Waals surface area (Å²) in [5.41, 5.74) is 7.08. The molecular formula is C21H33N3O2. The highest BCUT2D eigenvalue weighted by molar-refractivity contribution is 5.81. The molecule has 1 saturated heterocycles. The lowest BCUT2D eigenvalue weighted by atomic mass is 10.1. The second kappa shape index (κ2) is 9.38. The van der Waals surface area contributed by atoms with Crippen molar-refractivity contribution in [2.75, 3.05) is 26.2 Å². The highest BCUT2D eigenvalue weighted by atomic mass is 16.5. The molecule has 0 bridgehead atoms. The molecule has 1 aromatic rings. The minimum Gasteiger partial charge on any atom is -0.492 e. The van der Waals surface area contributed by atoms with E-state index in [1.807, 2.05) is 31.2 Å². The first-order chi connectivity index (χ1) is 12.6. The maximum atomic E-state index is 12.2. The fourth-order valence-electron chi connectivity index (χ4n) is 3.51. The Morgan fingerprint density at radius 3 is 2.62 bits per heavy atom. The van der Waals surface area contributed by atoms with Crippen molar-refractivity contribution in [3.05, 3.63) is 29.8 Å². The summed E-state index contributed by atoms with van der Waals surface area (Å²) < 4.78 is 5.83. The second-order valence-corrected chi connectivity index (χ2v) is 7.82. The molecule has 0 radical (unpaired) electrons. The topological polar surface area (TPSA) is 67.6 Å². The van der Waals surface area contributed by atoms with E-state index >= 15 is 0 Å². The molecule has 1 aromatic carbocycles. The maximum absolute atomic E-state index is 12.2. The number of nitrogens with zero attached hydrogens (tertiary/aromatic N) is 1. The van der Waals surface area contributed by atoms with Crippen LogP contribution in [0.25, 0.3) is 0 Å². The molecule has 3 N–H and O–H groups in total. The standard InChI is InChI=1S/C21H33N3O2/c1-16(23-21(25)20(22)11-6-17-4-5-17)18-7-9-19(10-8-18)26-15-14-24-12-2-3-13-24/h7-10,16-17,20H,2-6,11-15,22H2,1H3,(H,23,25)/t16-,20-/m0/s1. The number of amides is 1. The van der Waals surface area contributed by atoms with E-state index in [0.29, 0.717) is 0 Å². The summed E-state index contributed by atoms with van der Waals surface area (Å²) in [4.78, 5) is 14.7. The average molecular weight is 360 g/mol. The Balaban J connectivity index is 1.39. The van der Waals surface area contributed by atoms with Crippen molar-refractivity contribution in [2.45, 2.75) is 57.5 Å². The molecule has 3 rings (SSSR count). The van der Waals surface area contributed by atoms with Crippen molar-refractivity contribution in [1.29, 1.82) is 0 Å². The van der Waals surface area contributed by atoms with Crippen LogP contribution in [-0.4, -0.2) is 43.1 Å². The lowest BCUT2D eigenvalue weighted by Crippen LogP contribution is -2.41. The van der Waals surface area contributed by atoms with E-state index in [4.69, 9.17) is 10.5 Å². The fraction of sp³-hybridized carbons (Fsp3) is 0.667. The van der Waals surface area contributed by atoms with E-state index in [-0.39, 0.29) is 11.9 Å². The summed E-state index contributed by atoms with van der Waals surface area (Å²) in [6, 6.07) is 7.56. The van der Waals surface area contributed by atoms with Gasteiger partial charge in [0, 0.05) is 6.54 Å². The lowest BCUT2D eigenvalue weighted by Gasteiger charge is -2.18. The van der Waals surface area contributed by atoms with Crippen LogP contribution in [0.15, 0.2) is 24.3 Å². The zero-order valence-corrected chi connectivity index (χ0v) is 16.0. The molecule has 0 spiro atoms. The largest absolute Gasteiger partial charge is 0.492 e. The molecule has 2 atom stereocenters. The van der Waals surface area contributed by atoms with Gasteiger partial charge in [-0.05, 0) is 69.3 Å². The molecule has 5 nitrogen and oxygen atoms in total. The van der Waals surface area contributed by atoms with Crippen LogP contribution in [0.1, 0.15) is 57.1 Å². The molecular weight excluding hydrogens is 326 g/mol. The van der Waals surface area contributed by atoms with Gasteiger partial charge in [0.25, 0.3) is 0 Å². The smallest absolute Gasteiger partial charge is 0.237 e. The van der Waals surface area contributed by atoms with Gasteiger partial charge in [0.15, 0.2) is 0 Å². The molecule has 1 aliphatic heterocycles.